The van der Waals surface area contributed by atoms with Gasteiger partial charge in [0.15, 0.2) is 17.5 Å². The monoisotopic (exact) mass is 436 g/mol. The molecule has 0 radical (unpaired) electrons. The summed E-state index contributed by atoms with van der Waals surface area (Å²) in [5, 5.41) is 4.31. The first-order valence-electron chi connectivity index (χ1n) is 8.28. The first-order chi connectivity index (χ1) is 12.7. The van der Waals surface area contributed by atoms with Crippen LogP contribution in [0.5, 0.6) is 0 Å². The van der Waals surface area contributed by atoms with E-state index in [1.165, 1.54) is 0 Å². The molecule has 3 amide bonds. The fraction of sp³-hybridized carbons (Fsp3) is 0.500. The lowest BCUT2D eigenvalue weighted by atomic mass is 9.86. The minimum atomic E-state index is -1.03. The number of esters is 1. The molecule has 148 valence electrons. The Balaban J connectivity index is 1.86. The molecule has 8 nitrogen and oxygen atoms in total. The van der Waals surface area contributed by atoms with Crippen LogP contribution in [0.3, 0.4) is 0 Å². The Morgan fingerprint density at radius 1 is 1.19 bits per heavy atom. The Bertz CT molecular complexity index is 760. The lowest BCUT2D eigenvalue weighted by molar-refractivity contribution is -0.123. The smallest absolute Gasteiger partial charge is 0.359 e. The third kappa shape index (κ3) is 5.60. The predicted octanol–water partition coefficient (Wildman–Crippen LogP) is 3.19. The average molecular weight is 438 g/mol. The van der Waals surface area contributed by atoms with E-state index in [2.05, 4.69) is 15.6 Å². The van der Waals surface area contributed by atoms with Gasteiger partial charge in [-0.05, 0) is 18.8 Å². The van der Waals surface area contributed by atoms with Crippen LogP contribution in [0.1, 0.15) is 43.1 Å². The molecule has 1 heterocycles. The number of amides is 3. The van der Waals surface area contributed by atoms with Gasteiger partial charge in [0, 0.05) is 6.04 Å². The number of imide groups is 1. The summed E-state index contributed by atoms with van der Waals surface area (Å²) >= 11 is 17.4. The SMILES string of the molecule is CC1CCCCC1NC(=O)NC(=O)COC(=O)c1nc(Cl)c(Cl)c(N)c1Cl. The van der Waals surface area contributed by atoms with Crippen molar-refractivity contribution in [2.45, 2.75) is 38.6 Å². The summed E-state index contributed by atoms with van der Waals surface area (Å²) in [7, 11) is 0. The highest BCUT2D eigenvalue weighted by atomic mass is 35.5. The summed E-state index contributed by atoms with van der Waals surface area (Å²) in [4.78, 5) is 39.4. The lowest BCUT2D eigenvalue weighted by Crippen LogP contribution is -2.48. The fourth-order valence-electron chi connectivity index (χ4n) is 2.76. The van der Waals surface area contributed by atoms with Crippen molar-refractivity contribution in [3.8, 4) is 0 Å². The summed E-state index contributed by atoms with van der Waals surface area (Å²) < 4.78 is 4.80. The zero-order valence-corrected chi connectivity index (χ0v) is 16.7. The quantitative estimate of drug-likeness (QED) is 0.491. The van der Waals surface area contributed by atoms with Gasteiger partial charge in [-0.1, -0.05) is 54.6 Å². The highest BCUT2D eigenvalue weighted by Crippen LogP contribution is 2.34. The largest absolute Gasteiger partial charge is 0.451 e. The molecule has 1 aromatic rings. The summed E-state index contributed by atoms with van der Waals surface area (Å²) in [5.41, 5.74) is 5.11. The van der Waals surface area contributed by atoms with Crippen molar-refractivity contribution in [2.24, 2.45) is 5.92 Å². The van der Waals surface area contributed by atoms with Crippen molar-refractivity contribution in [2.75, 3.05) is 12.3 Å². The summed E-state index contributed by atoms with van der Waals surface area (Å²) in [6.45, 7) is 1.35. The Labute approximate surface area is 171 Å². The summed E-state index contributed by atoms with van der Waals surface area (Å²) in [6.07, 6.45) is 4.05. The first-order valence-corrected chi connectivity index (χ1v) is 9.41. The third-order valence-corrected chi connectivity index (χ3v) is 5.42. The molecule has 4 N–H and O–H groups in total. The van der Waals surface area contributed by atoms with E-state index in [1.807, 2.05) is 6.92 Å². The zero-order valence-electron chi connectivity index (χ0n) is 14.5. The maximum Gasteiger partial charge on any atom is 0.359 e. The van der Waals surface area contributed by atoms with E-state index in [-0.39, 0.29) is 32.6 Å². The number of pyridine rings is 1. The zero-order chi connectivity index (χ0) is 20.1. The minimum Gasteiger partial charge on any atom is -0.451 e. The number of halogens is 3. The fourth-order valence-corrected chi connectivity index (χ4v) is 3.35. The molecule has 1 aliphatic carbocycles. The molecular weight excluding hydrogens is 419 g/mol. The molecule has 27 heavy (non-hydrogen) atoms. The van der Waals surface area contributed by atoms with E-state index < -0.39 is 24.5 Å². The van der Waals surface area contributed by atoms with Crippen molar-refractivity contribution in [3.05, 3.63) is 20.9 Å². The number of carbonyl (C=O) groups excluding carboxylic acids is 3. The van der Waals surface area contributed by atoms with Crippen LogP contribution < -0.4 is 16.4 Å². The molecule has 1 saturated carbocycles. The molecule has 2 rings (SSSR count). The Morgan fingerprint density at radius 2 is 1.85 bits per heavy atom. The second-order valence-corrected chi connectivity index (χ2v) is 7.37. The normalized spacial score (nSPS) is 19.3. The van der Waals surface area contributed by atoms with Gasteiger partial charge in [0.25, 0.3) is 5.91 Å². The van der Waals surface area contributed by atoms with Crippen LogP contribution in [0, 0.1) is 5.92 Å². The van der Waals surface area contributed by atoms with Gasteiger partial charge < -0.3 is 15.8 Å². The number of carbonyl (C=O) groups is 3. The molecule has 0 spiro atoms. The number of aromatic nitrogens is 1. The molecular formula is C16H19Cl3N4O4. The number of hydrogen-bond donors (Lipinski definition) is 3. The number of hydrogen-bond acceptors (Lipinski definition) is 6. The van der Waals surface area contributed by atoms with E-state index in [9.17, 15) is 14.4 Å². The van der Waals surface area contributed by atoms with E-state index in [1.54, 1.807) is 0 Å². The summed E-state index contributed by atoms with van der Waals surface area (Å²) in [5.74, 6) is -1.49. The average Bonchev–Trinajstić information content (AvgIpc) is 2.62. The van der Waals surface area contributed by atoms with Crippen molar-refractivity contribution < 1.29 is 19.1 Å². The van der Waals surface area contributed by atoms with E-state index in [4.69, 9.17) is 45.3 Å². The minimum absolute atomic E-state index is 0.0105. The van der Waals surface area contributed by atoms with E-state index >= 15 is 0 Å². The van der Waals surface area contributed by atoms with Crippen LogP contribution in [0.2, 0.25) is 15.2 Å². The Kier molecular flexibility index (Phi) is 7.52. The molecule has 0 bridgehead atoms. The number of nitrogens with two attached hydrogens (primary N) is 1. The van der Waals surface area contributed by atoms with Crippen molar-refractivity contribution in [3.63, 3.8) is 0 Å². The van der Waals surface area contributed by atoms with Gasteiger partial charge in [-0.25, -0.2) is 14.6 Å². The number of nitrogens with one attached hydrogen (secondary N) is 2. The third-order valence-electron chi connectivity index (χ3n) is 4.28. The van der Waals surface area contributed by atoms with Crippen LogP contribution in [0.4, 0.5) is 10.5 Å². The number of rotatable bonds is 4. The maximum absolute atomic E-state index is 12.0. The van der Waals surface area contributed by atoms with Gasteiger partial charge in [0.05, 0.1) is 10.7 Å². The van der Waals surface area contributed by atoms with Gasteiger partial charge in [0.2, 0.25) is 0 Å². The molecule has 1 fully saturated rings. The number of urea groups is 1. The second kappa shape index (κ2) is 9.43. The molecule has 2 atom stereocenters. The van der Waals surface area contributed by atoms with Gasteiger partial charge in [0.1, 0.15) is 5.02 Å². The number of ether oxygens (including phenoxy) is 1. The first kappa shape index (κ1) is 21.5. The Morgan fingerprint density at radius 3 is 2.52 bits per heavy atom. The van der Waals surface area contributed by atoms with Crippen LogP contribution in [0.15, 0.2) is 0 Å². The highest BCUT2D eigenvalue weighted by molar-refractivity contribution is 6.46. The van der Waals surface area contributed by atoms with Gasteiger partial charge in [-0.2, -0.15) is 0 Å². The van der Waals surface area contributed by atoms with Crippen molar-refractivity contribution in [1.29, 1.82) is 0 Å². The second-order valence-electron chi connectivity index (χ2n) is 6.26. The van der Waals surface area contributed by atoms with E-state index in [0.29, 0.717) is 5.92 Å². The summed E-state index contributed by atoms with van der Waals surface area (Å²) in [6, 6.07) is -0.624. The molecule has 11 heteroatoms. The van der Waals surface area contributed by atoms with Gasteiger partial charge >= 0.3 is 12.0 Å². The maximum atomic E-state index is 12.0. The van der Waals surface area contributed by atoms with Crippen LogP contribution in [0.25, 0.3) is 0 Å². The Hall–Kier alpha value is -1.77. The van der Waals surface area contributed by atoms with Gasteiger partial charge in [-0.15, -0.1) is 0 Å². The van der Waals surface area contributed by atoms with Crippen LogP contribution in [-0.2, 0) is 9.53 Å². The lowest BCUT2D eigenvalue weighted by Gasteiger charge is -2.29. The standard InChI is InChI=1S/C16H19Cl3N4O4/c1-7-4-2-3-5-8(7)21-16(26)22-9(24)6-27-15(25)13-10(17)12(20)11(18)14(19)23-13/h7-8H,2-6H2,1H3,(H2,20,23)(H2,21,22,24,26). The molecule has 1 aliphatic rings. The highest BCUT2D eigenvalue weighted by Gasteiger charge is 2.24. The molecule has 0 aromatic carbocycles. The molecule has 1 aromatic heterocycles. The number of nitrogen functional groups attached to an aromatic ring is 1. The van der Waals surface area contributed by atoms with E-state index in [0.717, 1.165) is 25.7 Å². The number of anilines is 1. The topological polar surface area (TPSA) is 123 Å². The molecule has 0 saturated heterocycles. The van der Waals surface area contributed by atoms with Crippen molar-refractivity contribution >= 4 is 58.4 Å². The van der Waals surface area contributed by atoms with Gasteiger partial charge in [-0.3, -0.25) is 10.1 Å². The van der Waals surface area contributed by atoms with Crippen LogP contribution >= 0.6 is 34.8 Å². The molecule has 2 unspecified atom stereocenters. The van der Waals surface area contributed by atoms with Crippen molar-refractivity contribution in [1.82, 2.24) is 15.6 Å². The molecule has 0 aliphatic heterocycles. The predicted molar refractivity (Wildman–Crippen MR) is 102 cm³/mol. The van der Waals surface area contributed by atoms with Crippen LogP contribution in [-0.4, -0.2) is 35.5 Å². The number of nitrogens with zero attached hydrogens (tertiary/aromatic N) is 1.